The standard InChI is InChI=1S/C22H17F4N3O2/c1-12-6-2-3-7-13(12)17-10-15(14-8-4-5-9-16(14)27-17)20(30)29-22(31,21(25)26)11-18(28-29)19(23)24/h2-10,19,21,31H,11H2,1H3/t22-/m1/s1. The van der Waals surface area contributed by atoms with Gasteiger partial charge in [0.1, 0.15) is 5.71 Å². The molecule has 2 heterocycles. The number of aliphatic hydroxyl groups is 1. The fraction of sp³-hybridized carbons (Fsp3) is 0.227. The highest BCUT2D eigenvalue weighted by atomic mass is 19.3. The van der Waals surface area contributed by atoms with E-state index in [9.17, 15) is 27.5 Å². The first-order chi connectivity index (χ1) is 14.7. The number of para-hydroxylation sites is 1. The fourth-order valence-corrected chi connectivity index (χ4v) is 3.57. The Morgan fingerprint density at radius 1 is 1.10 bits per heavy atom. The van der Waals surface area contributed by atoms with E-state index < -0.39 is 36.6 Å². The van der Waals surface area contributed by atoms with Crippen molar-refractivity contribution < 1.29 is 27.5 Å². The van der Waals surface area contributed by atoms with Gasteiger partial charge in [-0.1, -0.05) is 42.5 Å². The van der Waals surface area contributed by atoms with Crippen LogP contribution in [-0.4, -0.2) is 45.3 Å². The van der Waals surface area contributed by atoms with Gasteiger partial charge in [0, 0.05) is 17.4 Å². The predicted molar refractivity (Wildman–Crippen MR) is 107 cm³/mol. The molecule has 0 unspecified atom stereocenters. The van der Waals surface area contributed by atoms with Gasteiger partial charge in [0.25, 0.3) is 18.8 Å². The number of fused-ring (bicyclic) bond motifs is 1. The smallest absolute Gasteiger partial charge is 0.287 e. The van der Waals surface area contributed by atoms with Gasteiger partial charge < -0.3 is 5.11 Å². The second-order valence-electron chi connectivity index (χ2n) is 7.25. The molecule has 0 saturated heterocycles. The van der Waals surface area contributed by atoms with Crippen molar-refractivity contribution in [3.8, 4) is 11.3 Å². The van der Waals surface area contributed by atoms with Crippen molar-refractivity contribution in [2.24, 2.45) is 5.10 Å². The lowest BCUT2D eigenvalue weighted by molar-refractivity contribution is -0.164. The van der Waals surface area contributed by atoms with E-state index in [1.165, 1.54) is 6.07 Å². The van der Waals surface area contributed by atoms with Crippen LogP contribution in [0.2, 0.25) is 0 Å². The summed E-state index contributed by atoms with van der Waals surface area (Å²) in [6, 6.07) is 15.2. The van der Waals surface area contributed by atoms with Crippen LogP contribution in [0.25, 0.3) is 22.2 Å². The average Bonchev–Trinajstić information content (AvgIpc) is 3.12. The van der Waals surface area contributed by atoms with Crippen LogP contribution in [0.15, 0.2) is 59.7 Å². The largest absolute Gasteiger partial charge is 0.364 e. The Bertz CT molecular complexity index is 1200. The number of alkyl halides is 4. The van der Waals surface area contributed by atoms with Crippen molar-refractivity contribution in [2.75, 3.05) is 0 Å². The molecule has 4 rings (SSSR count). The highest BCUT2D eigenvalue weighted by Gasteiger charge is 2.53. The van der Waals surface area contributed by atoms with Crippen molar-refractivity contribution in [3.05, 3.63) is 65.7 Å². The van der Waals surface area contributed by atoms with Gasteiger partial charge in [0.05, 0.1) is 16.8 Å². The number of aryl methyl sites for hydroxylation is 1. The average molecular weight is 431 g/mol. The number of hydrogen-bond donors (Lipinski definition) is 1. The zero-order chi connectivity index (χ0) is 22.3. The number of benzene rings is 2. The van der Waals surface area contributed by atoms with Gasteiger partial charge in [-0.2, -0.15) is 10.1 Å². The van der Waals surface area contributed by atoms with Gasteiger partial charge in [0.2, 0.25) is 5.72 Å². The second kappa shape index (κ2) is 7.73. The predicted octanol–water partition coefficient (Wildman–Crippen LogP) is 4.63. The molecule has 0 spiro atoms. The van der Waals surface area contributed by atoms with Crippen LogP contribution >= 0.6 is 0 Å². The van der Waals surface area contributed by atoms with Crippen LogP contribution in [-0.2, 0) is 0 Å². The lowest BCUT2D eigenvalue weighted by Crippen LogP contribution is -2.51. The molecule has 0 radical (unpaired) electrons. The summed E-state index contributed by atoms with van der Waals surface area (Å²) in [5, 5.41) is 14.1. The molecule has 1 aromatic heterocycles. The summed E-state index contributed by atoms with van der Waals surface area (Å²) < 4.78 is 53.5. The monoisotopic (exact) mass is 431 g/mol. The lowest BCUT2D eigenvalue weighted by Gasteiger charge is -2.30. The molecule has 1 atom stereocenters. The second-order valence-corrected chi connectivity index (χ2v) is 7.25. The van der Waals surface area contributed by atoms with Crippen molar-refractivity contribution in [3.63, 3.8) is 0 Å². The molecular formula is C22H17F4N3O2. The van der Waals surface area contributed by atoms with E-state index in [4.69, 9.17) is 0 Å². The van der Waals surface area contributed by atoms with Crippen LogP contribution in [0.5, 0.6) is 0 Å². The van der Waals surface area contributed by atoms with E-state index in [0.29, 0.717) is 22.2 Å². The minimum atomic E-state index is -3.50. The van der Waals surface area contributed by atoms with Crippen molar-refractivity contribution in [1.29, 1.82) is 0 Å². The molecule has 1 aliphatic rings. The van der Waals surface area contributed by atoms with E-state index in [-0.39, 0.29) is 10.6 Å². The third-order valence-corrected chi connectivity index (χ3v) is 5.20. The number of rotatable bonds is 4. The summed E-state index contributed by atoms with van der Waals surface area (Å²) in [5.74, 6) is -1.12. The SMILES string of the molecule is Cc1ccccc1-c1cc(C(=O)N2N=C(C(F)F)C[C@@]2(O)C(F)F)c2ccccc2n1. The third kappa shape index (κ3) is 3.54. The number of nitrogens with zero attached hydrogens (tertiary/aromatic N) is 3. The number of aromatic nitrogens is 1. The van der Waals surface area contributed by atoms with E-state index in [1.807, 2.05) is 19.1 Å². The Kier molecular flexibility index (Phi) is 5.22. The zero-order valence-electron chi connectivity index (χ0n) is 16.3. The van der Waals surface area contributed by atoms with Crippen LogP contribution < -0.4 is 0 Å². The molecule has 5 nitrogen and oxygen atoms in total. The van der Waals surface area contributed by atoms with Crippen molar-refractivity contribution in [1.82, 2.24) is 9.99 Å². The first-order valence-corrected chi connectivity index (χ1v) is 9.39. The number of hydrazone groups is 1. The Balaban J connectivity index is 1.90. The Morgan fingerprint density at radius 3 is 2.45 bits per heavy atom. The summed E-state index contributed by atoms with van der Waals surface area (Å²) in [6.45, 7) is 1.85. The molecule has 0 fully saturated rings. The van der Waals surface area contributed by atoms with Crippen LogP contribution in [0.1, 0.15) is 22.3 Å². The minimum absolute atomic E-state index is 0.0720. The molecule has 160 valence electrons. The molecule has 3 aromatic rings. The summed E-state index contributed by atoms with van der Waals surface area (Å²) in [4.78, 5) is 17.8. The highest BCUT2D eigenvalue weighted by molar-refractivity contribution is 6.08. The number of hydrogen-bond acceptors (Lipinski definition) is 4. The zero-order valence-corrected chi connectivity index (χ0v) is 16.3. The third-order valence-electron chi connectivity index (χ3n) is 5.20. The molecule has 1 amide bonds. The van der Waals surface area contributed by atoms with Gasteiger partial charge in [-0.05, 0) is 24.6 Å². The number of halogens is 4. The van der Waals surface area contributed by atoms with E-state index in [0.717, 1.165) is 5.56 Å². The number of amides is 1. The fourth-order valence-electron chi connectivity index (χ4n) is 3.57. The highest BCUT2D eigenvalue weighted by Crippen LogP contribution is 2.36. The number of carbonyl (C=O) groups is 1. The maximum Gasteiger partial charge on any atom is 0.287 e. The molecule has 0 aliphatic carbocycles. The summed E-state index contributed by atoms with van der Waals surface area (Å²) >= 11 is 0. The Labute approximate surface area is 174 Å². The van der Waals surface area contributed by atoms with Gasteiger partial charge in [-0.15, -0.1) is 0 Å². The van der Waals surface area contributed by atoms with Crippen LogP contribution in [0.4, 0.5) is 17.6 Å². The molecular weight excluding hydrogens is 414 g/mol. The minimum Gasteiger partial charge on any atom is -0.364 e. The van der Waals surface area contributed by atoms with E-state index >= 15 is 0 Å². The molecule has 9 heteroatoms. The molecule has 1 N–H and O–H groups in total. The molecule has 2 aromatic carbocycles. The first-order valence-electron chi connectivity index (χ1n) is 9.39. The lowest BCUT2D eigenvalue weighted by atomic mass is 10.00. The van der Waals surface area contributed by atoms with Gasteiger partial charge >= 0.3 is 0 Å². The number of carbonyl (C=O) groups excluding carboxylic acids is 1. The normalized spacial score (nSPS) is 18.8. The van der Waals surface area contributed by atoms with Gasteiger partial charge in [0.15, 0.2) is 0 Å². The summed E-state index contributed by atoms with van der Waals surface area (Å²) in [7, 11) is 0. The quantitative estimate of drug-likeness (QED) is 0.613. The molecule has 1 aliphatic heterocycles. The Morgan fingerprint density at radius 2 is 1.77 bits per heavy atom. The maximum absolute atomic E-state index is 13.6. The molecule has 31 heavy (non-hydrogen) atoms. The Hall–Kier alpha value is -3.33. The van der Waals surface area contributed by atoms with Crippen LogP contribution in [0, 0.1) is 6.92 Å². The summed E-state index contributed by atoms with van der Waals surface area (Å²) in [6.07, 6.45) is -7.82. The topological polar surface area (TPSA) is 65.8 Å². The van der Waals surface area contributed by atoms with Gasteiger partial charge in [-0.25, -0.2) is 22.5 Å². The van der Waals surface area contributed by atoms with Crippen LogP contribution in [0.3, 0.4) is 0 Å². The summed E-state index contributed by atoms with van der Waals surface area (Å²) in [5.41, 5.74) is -1.83. The molecule has 0 saturated carbocycles. The van der Waals surface area contributed by atoms with E-state index in [2.05, 4.69) is 10.1 Å². The van der Waals surface area contributed by atoms with Crippen molar-refractivity contribution >= 4 is 22.5 Å². The van der Waals surface area contributed by atoms with E-state index in [1.54, 1.807) is 36.4 Å². The van der Waals surface area contributed by atoms with Gasteiger partial charge in [-0.3, -0.25) is 4.79 Å². The number of pyridine rings is 1. The van der Waals surface area contributed by atoms with Crippen molar-refractivity contribution in [2.45, 2.75) is 31.9 Å². The first kappa shape index (κ1) is 20.9. The molecule has 0 bridgehead atoms. The maximum atomic E-state index is 13.6.